The molecule has 0 saturated carbocycles. The van der Waals surface area contributed by atoms with Crippen LogP contribution in [-0.2, 0) is 11.3 Å². The average Bonchev–Trinajstić information content (AvgIpc) is 2.71. The summed E-state index contributed by atoms with van der Waals surface area (Å²) < 4.78 is 10.3. The molecule has 0 atom stereocenters. The molecule has 2 rings (SSSR count). The van der Waals surface area contributed by atoms with Crippen molar-refractivity contribution in [2.45, 2.75) is 6.54 Å². The Morgan fingerprint density at radius 2 is 1.74 bits per heavy atom. The highest BCUT2D eigenvalue weighted by atomic mass is 16.5. The number of carbonyl (C=O) groups excluding carboxylic acids is 2. The van der Waals surface area contributed by atoms with E-state index in [0.29, 0.717) is 18.0 Å². The summed E-state index contributed by atoms with van der Waals surface area (Å²) in [6, 6.07) is 14.3. The lowest BCUT2D eigenvalue weighted by atomic mass is 10.2. The third-order valence-electron chi connectivity index (χ3n) is 3.52. The van der Waals surface area contributed by atoms with E-state index in [1.807, 2.05) is 30.3 Å². The Balaban J connectivity index is 1.72. The van der Waals surface area contributed by atoms with Gasteiger partial charge in [0.1, 0.15) is 6.54 Å². The van der Waals surface area contributed by atoms with Crippen LogP contribution in [0.5, 0.6) is 11.5 Å². The number of benzene rings is 2. The monoisotopic (exact) mass is 370 g/mol. The van der Waals surface area contributed by atoms with Crippen LogP contribution in [-0.4, -0.2) is 38.9 Å². The summed E-state index contributed by atoms with van der Waals surface area (Å²) in [7, 11) is 3.09. The molecule has 2 aromatic rings. The predicted octanol–water partition coefficient (Wildman–Crippen LogP) is 1.65. The Kier molecular flexibility index (Phi) is 7.65. The van der Waals surface area contributed by atoms with Gasteiger partial charge in [-0.2, -0.15) is 5.10 Å². The van der Waals surface area contributed by atoms with Crippen LogP contribution >= 0.6 is 0 Å². The number of methoxy groups -OCH3 is 2. The maximum atomic E-state index is 11.7. The summed E-state index contributed by atoms with van der Waals surface area (Å²) in [5.41, 5.74) is 4.04. The van der Waals surface area contributed by atoms with Crippen LogP contribution in [0, 0.1) is 0 Å². The molecule has 3 amide bonds. The van der Waals surface area contributed by atoms with E-state index in [1.54, 1.807) is 25.3 Å². The van der Waals surface area contributed by atoms with E-state index in [0.717, 1.165) is 11.1 Å². The van der Waals surface area contributed by atoms with Crippen molar-refractivity contribution in [3.05, 3.63) is 59.7 Å². The van der Waals surface area contributed by atoms with Gasteiger partial charge < -0.3 is 20.1 Å². The molecule has 27 heavy (non-hydrogen) atoms. The second kappa shape index (κ2) is 10.4. The minimum atomic E-state index is -0.443. The number of rotatable bonds is 8. The largest absolute Gasteiger partial charge is 0.493 e. The van der Waals surface area contributed by atoms with Crippen LogP contribution in [0.15, 0.2) is 53.6 Å². The number of hydrogen-bond donors (Lipinski definition) is 3. The second-order valence-corrected chi connectivity index (χ2v) is 5.43. The summed E-state index contributed by atoms with van der Waals surface area (Å²) in [4.78, 5) is 23.4. The van der Waals surface area contributed by atoms with Gasteiger partial charge in [-0.3, -0.25) is 4.79 Å². The number of ether oxygens (including phenoxy) is 2. The highest BCUT2D eigenvalue weighted by Crippen LogP contribution is 2.26. The molecule has 0 spiro atoms. The Bertz CT molecular complexity index is 794. The van der Waals surface area contributed by atoms with Crippen LogP contribution in [0.2, 0.25) is 0 Å². The number of hydrazone groups is 1. The van der Waals surface area contributed by atoms with Crippen molar-refractivity contribution in [1.82, 2.24) is 16.1 Å². The average molecular weight is 370 g/mol. The molecule has 0 aliphatic heterocycles. The molecule has 0 saturated heterocycles. The zero-order valence-corrected chi connectivity index (χ0v) is 15.2. The van der Waals surface area contributed by atoms with Crippen molar-refractivity contribution in [2.75, 3.05) is 20.8 Å². The van der Waals surface area contributed by atoms with Crippen molar-refractivity contribution >= 4 is 18.2 Å². The fourth-order valence-corrected chi connectivity index (χ4v) is 2.15. The van der Waals surface area contributed by atoms with Gasteiger partial charge in [0.05, 0.1) is 20.4 Å². The first-order chi connectivity index (χ1) is 13.1. The van der Waals surface area contributed by atoms with Crippen molar-refractivity contribution in [2.24, 2.45) is 5.10 Å². The Labute approximate surface area is 157 Å². The molecule has 0 aromatic heterocycles. The zero-order valence-electron chi connectivity index (χ0n) is 15.2. The summed E-state index contributed by atoms with van der Waals surface area (Å²) >= 11 is 0. The predicted molar refractivity (Wildman–Crippen MR) is 102 cm³/mol. The van der Waals surface area contributed by atoms with E-state index in [1.165, 1.54) is 13.3 Å². The SMILES string of the molecule is COc1ccc(C=NNC(=O)CNC(=O)NCc2ccccc2)cc1OC. The molecule has 0 fully saturated rings. The third kappa shape index (κ3) is 6.69. The smallest absolute Gasteiger partial charge is 0.315 e. The van der Waals surface area contributed by atoms with Crippen LogP contribution in [0.3, 0.4) is 0 Å². The maximum absolute atomic E-state index is 11.7. The van der Waals surface area contributed by atoms with Crippen LogP contribution in [0.4, 0.5) is 4.79 Å². The van der Waals surface area contributed by atoms with Gasteiger partial charge in [0, 0.05) is 6.54 Å². The van der Waals surface area contributed by atoms with Crippen molar-refractivity contribution in [1.29, 1.82) is 0 Å². The quantitative estimate of drug-likeness (QED) is 0.486. The summed E-state index contributed by atoms with van der Waals surface area (Å²) in [6.07, 6.45) is 1.47. The molecule has 3 N–H and O–H groups in total. The Hall–Kier alpha value is -3.55. The van der Waals surface area contributed by atoms with E-state index in [-0.39, 0.29) is 6.54 Å². The lowest BCUT2D eigenvalue weighted by Gasteiger charge is -2.08. The molecule has 0 radical (unpaired) electrons. The van der Waals surface area contributed by atoms with Crippen LogP contribution in [0.25, 0.3) is 0 Å². The van der Waals surface area contributed by atoms with Crippen molar-refractivity contribution in [3.8, 4) is 11.5 Å². The molecule has 142 valence electrons. The molecular weight excluding hydrogens is 348 g/mol. The first kappa shape index (κ1) is 19.8. The van der Waals surface area contributed by atoms with E-state index in [2.05, 4.69) is 21.2 Å². The van der Waals surface area contributed by atoms with Gasteiger partial charge in [0.2, 0.25) is 0 Å². The molecule has 0 aliphatic rings. The van der Waals surface area contributed by atoms with Gasteiger partial charge >= 0.3 is 6.03 Å². The fourth-order valence-electron chi connectivity index (χ4n) is 2.15. The van der Waals surface area contributed by atoms with Gasteiger partial charge in [0.15, 0.2) is 11.5 Å². The lowest BCUT2D eigenvalue weighted by Crippen LogP contribution is -2.40. The van der Waals surface area contributed by atoms with Crippen molar-refractivity contribution in [3.63, 3.8) is 0 Å². The van der Waals surface area contributed by atoms with E-state index in [9.17, 15) is 9.59 Å². The van der Waals surface area contributed by atoms with E-state index < -0.39 is 11.9 Å². The number of carbonyl (C=O) groups is 2. The molecule has 8 heteroatoms. The second-order valence-electron chi connectivity index (χ2n) is 5.43. The topological polar surface area (TPSA) is 101 Å². The highest BCUT2D eigenvalue weighted by Gasteiger charge is 2.05. The maximum Gasteiger partial charge on any atom is 0.315 e. The van der Waals surface area contributed by atoms with E-state index >= 15 is 0 Å². The van der Waals surface area contributed by atoms with Gasteiger partial charge in [-0.25, -0.2) is 10.2 Å². The van der Waals surface area contributed by atoms with E-state index in [4.69, 9.17) is 9.47 Å². The molecule has 0 bridgehead atoms. The molecule has 8 nitrogen and oxygen atoms in total. The Morgan fingerprint density at radius 3 is 2.44 bits per heavy atom. The summed E-state index contributed by atoms with van der Waals surface area (Å²) in [5.74, 6) is 0.718. The molecule has 0 unspecified atom stereocenters. The fraction of sp³-hybridized carbons (Fsp3) is 0.211. The Morgan fingerprint density at radius 1 is 1.00 bits per heavy atom. The number of urea groups is 1. The van der Waals surface area contributed by atoms with Gasteiger partial charge in [-0.1, -0.05) is 30.3 Å². The standard InChI is InChI=1S/C19H22N4O4/c1-26-16-9-8-15(10-17(16)27-2)12-22-23-18(24)13-21-19(25)20-11-14-6-4-3-5-7-14/h3-10,12H,11,13H2,1-2H3,(H,23,24)(H2,20,21,25). The normalized spacial score (nSPS) is 10.3. The molecule has 0 aliphatic carbocycles. The molecular formula is C19H22N4O4. The van der Waals surface area contributed by atoms with Gasteiger partial charge in [0.25, 0.3) is 5.91 Å². The summed E-state index contributed by atoms with van der Waals surface area (Å²) in [5, 5.41) is 8.98. The van der Waals surface area contributed by atoms with Gasteiger partial charge in [-0.05, 0) is 29.3 Å². The minimum Gasteiger partial charge on any atom is -0.493 e. The number of nitrogens with one attached hydrogen (secondary N) is 3. The number of amides is 3. The summed E-state index contributed by atoms with van der Waals surface area (Å²) in [6.45, 7) is 0.190. The zero-order chi connectivity index (χ0) is 19.5. The molecule has 0 heterocycles. The highest BCUT2D eigenvalue weighted by molar-refractivity contribution is 5.86. The lowest BCUT2D eigenvalue weighted by molar-refractivity contribution is -0.120. The van der Waals surface area contributed by atoms with Crippen LogP contribution in [0.1, 0.15) is 11.1 Å². The van der Waals surface area contributed by atoms with Gasteiger partial charge in [-0.15, -0.1) is 0 Å². The first-order valence-corrected chi connectivity index (χ1v) is 8.22. The first-order valence-electron chi connectivity index (χ1n) is 8.22. The number of hydrogen-bond acceptors (Lipinski definition) is 5. The third-order valence-corrected chi connectivity index (χ3v) is 3.52. The van der Waals surface area contributed by atoms with Crippen LogP contribution < -0.4 is 25.5 Å². The molecule has 2 aromatic carbocycles. The number of nitrogens with zero attached hydrogens (tertiary/aromatic N) is 1. The minimum absolute atomic E-state index is 0.191. The van der Waals surface area contributed by atoms with Crippen molar-refractivity contribution < 1.29 is 19.1 Å².